The molecule has 1 N–H and O–H groups in total. The second kappa shape index (κ2) is 11.0. The molecule has 2 aromatic rings. The van der Waals surface area contributed by atoms with Gasteiger partial charge in [-0.25, -0.2) is 0 Å². The molecule has 144 valence electrons. The van der Waals surface area contributed by atoms with Gasteiger partial charge in [0, 0.05) is 13.1 Å². The predicted molar refractivity (Wildman–Crippen MR) is 102 cm³/mol. The summed E-state index contributed by atoms with van der Waals surface area (Å²) < 4.78 is 16.0. The quantitative estimate of drug-likeness (QED) is 0.624. The van der Waals surface area contributed by atoms with Crippen LogP contribution in [-0.4, -0.2) is 42.9 Å². The molecule has 5 heteroatoms. The second-order valence-electron chi connectivity index (χ2n) is 7.01. The molecule has 0 spiro atoms. The predicted octanol–water partition coefficient (Wildman–Crippen LogP) is 3.71. The van der Waals surface area contributed by atoms with Crippen LogP contribution in [0.4, 0.5) is 0 Å². The smallest absolute Gasteiger partial charge is 0.129 e. The van der Waals surface area contributed by atoms with Crippen molar-refractivity contribution in [2.45, 2.75) is 39.5 Å². The van der Waals surface area contributed by atoms with Gasteiger partial charge in [0.05, 0.1) is 26.1 Å². The molecule has 0 saturated carbocycles. The van der Waals surface area contributed by atoms with Crippen molar-refractivity contribution in [3.63, 3.8) is 0 Å². The molecule has 0 saturated heterocycles. The Labute approximate surface area is 156 Å². The SMILES string of the molecule is COc1ccc(CN(CCC(C)C)C[C@@H](O)COCc2ccco2)cc1. The number of methoxy groups -OCH3 is 1. The van der Waals surface area contributed by atoms with Crippen LogP contribution in [0.25, 0.3) is 0 Å². The van der Waals surface area contributed by atoms with Crippen molar-refractivity contribution in [2.24, 2.45) is 5.92 Å². The highest BCUT2D eigenvalue weighted by atomic mass is 16.5. The van der Waals surface area contributed by atoms with Gasteiger partial charge < -0.3 is 19.0 Å². The lowest BCUT2D eigenvalue weighted by atomic mass is 10.1. The van der Waals surface area contributed by atoms with E-state index in [4.69, 9.17) is 13.9 Å². The number of rotatable bonds is 12. The maximum atomic E-state index is 10.4. The lowest BCUT2D eigenvalue weighted by Gasteiger charge is -2.26. The van der Waals surface area contributed by atoms with Crippen molar-refractivity contribution in [2.75, 3.05) is 26.8 Å². The van der Waals surface area contributed by atoms with E-state index in [9.17, 15) is 5.11 Å². The molecule has 26 heavy (non-hydrogen) atoms. The van der Waals surface area contributed by atoms with Crippen molar-refractivity contribution in [1.29, 1.82) is 0 Å². The van der Waals surface area contributed by atoms with Crippen LogP contribution in [-0.2, 0) is 17.9 Å². The van der Waals surface area contributed by atoms with Crippen molar-refractivity contribution in [1.82, 2.24) is 4.90 Å². The summed E-state index contributed by atoms with van der Waals surface area (Å²) in [6.07, 6.45) is 2.18. The summed E-state index contributed by atoms with van der Waals surface area (Å²) in [6, 6.07) is 11.8. The Kier molecular flexibility index (Phi) is 8.68. The summed E-state index contributed by atoms with van der Waals surface area (Å²) >= 11 is 0. The first kappa shape index (κ1) is 20.5. The third-order valence-electron chi connectivity index (χ3n) is 4.19. The number of benzene rings is 1. The number of nitrogens with zero attached hydrogens (tertiary/aromatic N) is 1. The van der Waals surface area contributed by atoms with E-state index in [1.807, 2.05) is 24.3 Å². The topological polar surface area (TPSA) is 55.1 Å². The lowest BCUT2D eigenvalue weighted by Crippen LogP contribution is -2.35. The van der Waals surface area contributed by atoms with Gasteiger partial charge in [0.2, 0.25) is 0 Å². The zero-order valence-corrected chi connectivity index (χ0v) is 16.1. The first-order valence-electron chi connectivity index (χ1n) is 9.20. The largest absolute Gasteiger partial charge is 0.497 e. The lowest BCUT2D eigenvalue weighted by molar-refractivity contribution is 0.00325. The highest BCUT2D eigenvalue weighted by Crippen LogP contribution is 2.14. The molecule has 0 unspecified atom stereocenters. The van der Waals surface area contributed by atoms with Crippen molar-refractivity contribution < 1.29 is 19.0 Å². The Bertz CT molecular complexity index is 595. The Hall–Kier alpha value is -1.82. The highest BCUT2D eigenvalue weighted by Gasteiger charge is 2.14. The molecule has 0 aliphatic rings. The molecule has 0 aliphatic heterocycles. The molecular formula is C21H31NO4. The fraction of sp³-hybridized carbons (Fsp3) is 0.524. The molecular weight excluding hydrogens is 330 g/mol. The standard InChI is InChI=1S/C21H31NO4/c1-17(2)10-11-22(13-18-6-8-20(24-3)9-7-18)14-19(23)15-25-16-21-5-4-12-26-21/h4-9,12,17,19,23H,10-11,13-16H2,1-3H3/t19-/m1/s1. The summed E-state index contributed by atoms with van der Waals surface area (Å²) in [5.41, 5.74) is 1.21. The molecule has 0 bridgehead atoms. The van der Waals surface area contributed by atoms with Crippen LogP contribution in [0.5, 0.6) is 5.75 Å². The van der Waals surface area contributed by atoms with Crippen LogP contribution in [0.1, 0.15) is 31.6 Å². The minimum atomic E-state index is -0.532. The van der Waals surface area contributed by atoms with E-state index < -0.39 is 6.10 Å². The van der Waals surface area contributed by atoms with E-state index in [-0.39, 0.29) is 0 Å². The minimum absolute atomic E-state index is 0.293. The van der Waals surface area contributed by atoms with Gasteiger partial charge >= 0.3 is 0 Å². The van der Waals surface area contributed by atoms with Crippen LogP contribution in [0.2, 0.25) is 0 Å². The minimum Gasteiger partial charge on any atom is -0.497 e. The van der Waals surface area contributed by atoms with E-state index in [1.54, 1.807) is 13.4 Å². The van der Waals surface area contributed by atoms with E-state index in [2.05, 4.69) is 30.9 Å². The van der Waals surface area contributed by atoms with Crippen LogP contribution < -0.4 is 4.74 Å². The third kappa shape index (κ3) is 7.60. The zero-order valence-electron chi connectivity index (χ0n) is 16.1. The van der Waals surface area contributed by atoms with Gasteiger partial charge in [-0.05, 0) is 48.7 Å². The number of furan rings is 1. The number of aliphatic hydroxyl groups is 1. The maximum absolute atomic E-state index is 10.4. The fourth-order valence-corrected chi connectivity index (χ4v) is 2.71. The summed E-state index contributed by atoms with van der Waals surface area (Å²) in [5, 5.41) is 10.4. The van der Waals surface area contributed by atoms with Gasteiger partial charge in [-0.3, -0.25) is 4.90 Å². The highest BCUT2D eigenvalue weighted by molar-refractivity contribution is 5.27. The fourth-order valence-electron chi connectivity index (χ4n) is 2.71. The molecule has 1 aromatic heterocycles. The number of ether oxygens (including phenoxy) is 2. The number of aliphatic hydroxyl groups excluding tert-OH is 1. The summed E-state index contributed by atoms with van der Waals surface area (Å²) in [5.74, 6) is 2.25. The van der Waals surface area contributed by atoms with Crippen LogP contribution in [0, 0.1) is 5.92 Å². The Morgan fingerprint density at radius 2 is 1.92 bits per heavy atom. The Balaban J connectivity index is 1.83. The van der Waals surface area contributed by atoms with E-state index in [0.29, 0.717) is 25.7 Å². The summed E-state index contributed by atoms with van der Waals surface area (Å²) in [7, 11) is 1.67. The van der Waals surface area contributed by atoms with Crippen LogP contribution in [0.3, 0.4) is 0 Å². The molecule has 1 atom stereocenters. The van der Waals surface area contributed by atoms with Crippen molar-refractivity contribution >= 4 is 0 Å². The van der Waals surface area contributed by atoms with E-state index >= 15 is 0 Å². The van der Waals surface area contributed by atoms with E-state index in [1.165, 1.54) is 5.56 Å². The molecule has 0 fully saturated rings. The maximum Gasteiger partial charge on any atom is 0.129 e. The Morgan fingerprint density at radius 3 is 2.54 bits per heavy atom. The van der Waals surface area contributed by atoms with E-state index in [0.717, 1.165) is 31.0 Å². The average Bonchev–Trinajstić information content (AvgIpc) is 3.13. The van der Waals surface area contributed by atoms with Crippen LogP contribution in [0.15, 0.2) is 47.1 Å². The van der Waals surface area contributed by atoms with Gasteiger partial charge in [-0.2, -0.15) is 0 Å². The van der Waals surface area contributed by atoms with Gasteiger partial charge in [0.1, 0.15) is 18.1 Å². The van der Waals surface area contributed by atoms with Crippen molar-refractivity contribution in [3.8, 4) is 5.75 Å². The van der Waals surface area contributed by atoms with Gasteiger partial charge in [0.25, 0.3) is 0 Å². The summed E-state index contributed by atoms with van der Waals surface area (Å²) in [6.45, 7) is 7.43. The normalized spacial score (nSPS) is 12.7. The summed E-state index contributed by atoms with van der Waals surface area (Å²) in [4.78, 5) is 2.28. The molecule has 1 heterocycles. The number of hydrogen-bond acceptors (Lipinski definition) is 5. The van der Waals surface area contributed by atoms with Gasteiger partial charge in [0.15, 0.2) is 0 Å². The number of hydrogen-bond donors (Lipinski definition) is 1. The van der Waals surface area contributed by atoms with Gasteiger partial charge in [-0.1, -0.05) is 26.0 Å². The first-order chi connectivity index (χ1) is 12.6. The molecule has 1 aromatic carbocycles. The molecule has 2 rings (SSSR count). The second-order valence-corrected chi connectivity index (χ2v) is 7.01. The molecule has 5 nitrogen and oxygen atoms in total. The molecule has 0 aliphatic carbocycles. The van der Waals surface area contributed by atoms with Crippen LogP contribution >= 0.6 is 0 Å². The van der Waals surface area contributed by atoms with Crippen molar-refractivity contribution in [3.05, 3.63) is 54.0 Å². The average molecular weight is 361 g/mol. The Morgan fingerprint density at radius 1 is 1.15 bits per heavy atom. The zero-order chi connectivity index (χ0) is 18.8. The third-order valence-corrected chi connectivity index (χ3v) is 4.19. The monoisotopic (exact) mass is 361 g/mol. The molecule has 0 amide bonds. The molecule has 0 radical (unpaired) electrons. The van der Waals surface area contributed by atoms with Gasteiger partial charge in [-0.15, -0.1) is 0 Å². The first-order valence-corrected chi connectivity index (χ1v) is 9.20.